The molecule has 7 heteroatoms. The normalized spacial score (nSPS) is 19.6. The van der Waals surface area contributed by atoms with E-state index >= 15 is 0 Å². The second-order valence-corrected chi connectivity index (χ2v) is 8.59. The minimum Gasteiger partial charge on any atom is -0.494 e. The maximum absolute atomic E-state index is 12.9. The molecule has 0 saturated carbocycles. The van der Waals surface area contributed by atoms with Gasteiger partial charge in [0.1, 0.15) is 5.75 Å². The van der Waals surface area contributed by atoms with Crippen LogP contribution in [0.1, 0.15) is 41.6 Å². The van der Waals surface area contributed by atoms with Gasteiger partial charge in [-0.1, -0.05) is 12.1 Å². The zero-order valence-corrected chi connectivity index (χ0v) is 18.6. The standard InChI is InChI=1S/C25H32N4O3/c30-20-28-15-13-27(14-16-28)19-21-6-8-24(9-7-21)32-17-10-23-5-1-2-12-29(23)25(31)22-4-3-11-26-18-22/h3-4,6-9,11,18,20,23H,1-2,5,10,12-17,19H2/t23-/m0/s1. The van der Waals surface area contributed by atoms with Crippen LogP contribution in [0.2, 0.25) is 0 Å². The highest BCUT2D eigenvalue weighted by Crippen LogP contribution is 2.23. The van der Waals surface area contributed by atoms with E-state index in [9.17, 15) is 9.59 Å². The third-order valence-electron chi connectivity index (χ3n) is 6.40. The summed E-state index contributed by atoms with van der Waals surface area (Å²) in [6, 6.07) is 12.1. The molecule has 1 aromatic carbocycles. The zero-order chi connectivity index (χ0) is 22.2. The van der Waals surface area contributed by atoms with Crippen LogP contribution in [0.15, 0.2) is 48.8 Å². The lowest BCUT2D eigenvalue weighted by molar-refractivity contribution is -0.119. The van der Waals surface area contributed by atoms with E-state index in [-0.39, 0.29) is 11.9 Å². The van der Waals surface area contributed by atoms with Gasteiger partial charge in [-0.3, -0.25) is 19.5 Å². The second kappa shape index (κ2) is 11.1. The fourth-order valence-corrected chi connectivity index (χ4v) is 4.51. The maximum atomic E-state index is 12.9. The van der Waals surface area contributed by atoms with Crippen LogP contribution in [-0.2, 0) is 11.3 Å². The van der Waals surface area contributed by atoms with Gasteiger partial charge in [0.05, 0.1) is 12.2 Å². The molecular weight excluding hydrogens is 404 g/mol. The summed E-state index contributed by atoms with van der Waals surface area (Å²) in [6.07, 6.45) is 8.32. The Kier molecular flexibility index (Phi) is 7.72. The van der Waals surface area contributed by atoms with Crippen molar-refractivity contribution in [1.82, 2.24) is 19.7 Å². The van der Waals surface area contributed by atoms with E-state index in [1.807, 2.05) is 34.1 Å². The summed E-state index contributed by atoms with van der Waals surface area (Å²) < 4.78 is 6.01. The number of amides is 2. The van der Waals surface area contributed by atoms with Crippen molar-refractivity contribution >= 4 is 12.3 Å². The largest absolute Gasteiger partial charge is 0.494 e. The van der Waals surface area contributed by atoms with Gasteiger partial charge < -0.3 is 14.5 Å². The summed E-state index contributed by atoms with van der Waals surface area (Å²) in [6.45, 7) is 5.70. The van der Waals surface area contributed by atoms with Gasteiger partial charge in [0.2, 0.25) is 6.41 Å². The van der Waals surface area contributed by atoms with Gasteiger partial charge >= 0.3 is 0 Å². The van der Waals surface area contributed by atoms with Crippen LogP contribution in [0.4, 0.5) is 0 Å². The van der Waals surface area contributed by atoms with E-state index in [0.717, 1.165) is 77.1 Å². The summed E-state index contributed by atoms with van der Waals surface area (Å²) >= 11 is 0. The van der Waals surface area contributed by atoms with Gasteiger partial charge in [-0.2, -0.15) is 0 Å². The van der Waals surface area contributed by atoms with Crippen molar-refractivity contribution in [3.05, 3.63) is 59.9 Å². The number of benzene rings is 1. The Labute approximate surface area is 190 Å². The Morgan fingerprint density at radius 2 is 1.88 bits per heavy atom. The average Bonchev–Trinajstić information content (AvgIpc) is 2.86. The van der Waals surface area contributed by atoms with E-state index in [2.05, 4.69) is 22.0 Å². The Morgan fingerprint density at radius 3 is 2.59 bits per heavy atom. The number of ether oxygens (including phenoxy) is 1. The van der Waals surface area contributed by atoms with E-state index in [0.29, 0.717) is 12.2 Å². The van der Waals surface area contributed by atoms with Gasteiger partial charge in [-0.15, -0.1) is 0 Å². The number of pyridine rings is 1. The predicted octanol–water partition coefficient (Wildman–Crippen LogP) is 2.82. The summed E-state index contributed by atoms with van der Waals surface area (Å²) in [5, 5.41) is 0. The molecule has 2 saturated heterocycles. The summed E-state index contributed by atoms with van der Waals surface area (Å²) in [5.74, 6) is 0.932. The number of aromatic nitrogens is 1. The van der Waals surface area contributed by atoms with Gasteiger partial charge in [0.25, 0.3) is 5.91 Å². The lowest BCUT2D eigenvalue weighted by Gasteiger charge is -2.35. The van der Waals surface area contributed by atoms with Crippen LogP contribution in [0, 0.1) is 0 Å². The van der Waals surface area contributed by atoms with E-state index in [1.165, 1.54) is 5.56 Å². The fraction of sp³-hybridized carbons (Fsp3) is 0.480. The molecule has 1 atom stereocenters. The third kappa shape index (κ3) is 5.85. The van der Waals surface area contributed by atoms with Crippen molar-refractivity contribution < 1.29 is 14.3 Å². The van der Waals surface area contributed by atoms with Crippen LogP contribution in [0.5, 0.6) is 5.75 Å². The molecule has 32 heavy (non-hydrogen) atoms. The minimum absolute atomic E-state index is 0.0705. The minimum atomic E-state index is 0.0705. The first-order valence-electron chi connectivity index (χ1n) is 11.6. The number of carbonyl (C=O) groups is 2. The average molecular weight is 437 g/mol. The Balaban J connectivity index is 1.24. The van der Waals surface area contributed by atoms with Gasteiger partial charge in [0, 0.05) is 64.1 Å². The molecule has 2 amide bonds. The Hall–Kier alpha value is -2.93. The zero-order valence-electron chi connectivity index (χ0n) is 18.6. The number of piperidine rings is 1. The van der Waals surface area contributed by atoms with Crippen molar-refractivity contribution in [3.63, 3.8) is 0 Å². The molecule has 2 aromatic rings. The molecule has 7 nitrogen and oxygen atoms in total. The van der Waals surface area contributed by atoms with Gasteiger partial charge in [0.15, 0.2) is 0 Å². The van der Waals surface area contributed by atoms with E-state index < -0.39 is 0 Å². The first-order chi connectivity index (χ1) is 15.7. The van der Waals surface area contributed by atoms with E-state index in [4.69, 9.17) is 4.74 Å². The van der Waals surface area contributed by atoms with E-state index in [1.54, 1.807) is 12.4 Å². The number of piperazine rings is 1. The molecule has 3 heterocycles. The second-order valence-electron chi connectivity index (χ2n) is 8.59. The molecule has 0 bridgehead atoms. The highest BCUT2D eigenvalue weighted by atomic mass is 16.5. The fourth-order valence-electron chi connectivity index (χ4n) is 4.51. The van der Waals surface area contributed by atoms with Crippen LogP contribution in [0.25, 0.3) is 0 Å². The summed E-state index contributed by atoms with van der Waals surface area (Å²) in [7, 11) is 0. The highest BCUT2D eigenvalue weighted by Gasteiger charge is 2.27. The molecule has 0 spiro atoms. The molecule has 0 unspecified atom stereocenters. The lowest BCUT2D eigenvalue weighted by atomic mass is 9.98. The van der Waals surface area contributed by atoms with Crippen molar-refractivity contribution in [2.24, 2.45) is 0 Å². The van der Waals surface area contributed by atoms with Gasteiger partial charge in [-0.05, 0) is 49.1 Å². The summed E-state index contributed by atoms with van der Waals surface area (Å²) in [5.41, 5.74) is 1.90. The number of hydrogen-bond acceptors (Lipinski definition) is 5. The predicted molar refractivity (Wildman–Crippen MR) is 122 cm³/mol. The highest BCUT2D eigenvalue weighted by molar-refractivity contribution is 5.94. The number of nitrogens with zero attached hydrogens (tertiary/aromatic N) is 4. The smallest absolute Gasteiger partial charge is 0.255 e. The number of likely N-dealkylation sites (tertiary alicyclic amines) is 1. The molecule has 0 N–H and O–H groups in total. The molecular formula is C25H32N4O3. The molecule has 2 aliphatic rings. The molecule has 4 rings (SSSR count). The Bertz CT molecular complexity index is 867. The Morgan fingerprint density at radius 1 is 1.06 bits per heavy atom. The molecule has 0 aliphatic carbocycles. The SMILES string of the molecule is O=CN1CCN(Cc2ccc(OCC[C@@H]3CCCCN3C(=O)c3cccnc3)cc2)CC1. The summed E-state index contributed by atoms with van der Waals surface area (Å²) in [4.78, 5) is 34.0. The molecule has 0 radical (unpaired) electrons. The number of rotatable bonds is 8. The monoisotopic (exact) mass is 436 g/mol. The topological polar surface area (TPSA) is 66.0 Å². The van der Waals surface area contributed by atoms with Crippen LogP contribution < -0.4 is 4.74 Å². The number of carbonyl (C=O) groups excluding carboxylic acids is 2. The van der Waals surface area contributed by atoms with Crippen LogP contribution >= 0.6 is 0 Å². The molecule has 2 aliphatic heterocycles. The molecule has 1 aromatic heterocycles. The maximum Gasteiger partial charge on any atom is 0.255 e. The first-order valence-corrected chi connectivity index (χ1v) is 11.6. The molecule has 2 fully saturated rings. The lowest BCUT2D eigenvalue weighted by Crippen LogP contribution is -2.45. The third-order valence-corrected chi connectivity index (χ3v) is 6.40. The van der Waals surface area contributed by atoms with Crippen molar-refractivity contribution in [2.45, 2.75) is 38.3 Å². The first kappa shape index (κ1) is 22.3. The van der Waals surface area contributed by atoms with Crippen LogP contribution in [-0.4, -0.2) is 77.4 Å². The molecule has 170 valence electrons. The van der Waals surface area contributed by atoms with Gasteiger partial charge in [-0.25, -0.2) is 0 Å². The van der Waals surface area contributed by atoms with Crippen molar-refractivity contribution in [3.8, 4) is 5.75 Å². The number of hydrogen-bond donors (Lipinski definition) is 0. The van der Waals surface area contributed by atoms with Crippen molar-refractivity contribution in [1.29, 1.82) is 0 Å². The quantitative estimate of drug-likeness (QED) is 0.596. The van der Waals surface area contributed by atoms with Crippen molar-refractivity contribution in [2.75, 3.05) is 39.3 Å². The van der Waals surface area contributed by atoms with Crippen LogP contribution in [0.3, 0.4) is 0 Å².